The SMILES string of the molecule is Cc1ccc(NC(=O)CN2C(=O)NC(=Cc3cc(-c4ccc(Cl)cc4)cs3)C2=O)cc1. The molecule has 0 unspecified atom stereocenters. The van der Waals surface area contributed by atoms with Crippen LogP contribution in [0.3, 0.4) is 0 Å². The second kappa shape index (κ2) is 8.75. The second-order valence-corrected chi connectivity index (χ2v) is 8.42. The number of anilines is 1. The number of carbonyl (C=O) groups is 3. The van der Waals surface area contributed by atoms with E-state index in [2.05, 4.69) is 10.6 Å². The number of thiophene rings is 1. The molecule has 156 valence electrons. The minimum atomic E-state index is -0.621. The van der Waals surface area contributed by atoms with Crippen molar-refractivity contribution in [2.75, 3.05) is 11.9 Å². The molecular formula is C23H18ClN3O3S. The van der Waals surface area contributed by atoms with Gasteiger partial charge in [-0.2, -0.15) is 0 Å². The van der Waals surface area contributed by atoms with Crippen LogP contribution in [-0.4, -0.2) is 29.3 Å². The lowest BCUT2D eigenvalue weighted by molar-refractivity contribution is -0.127. The third-order valence-electron chi connectivity index (χ3n) is 4.68. The summed E-state index contributed by atoms with van der Waals surface area (Å²) < 4.78 is 0. The van der Waals surface area contributed by atoms with Crippen molar-refractivity contribution in [2.24, 2.45) is 0 Å². The smallest absolute Gasteiger partial charge is 0.325 e. The Morgan fingerprint density at radius 2 is 1.81 bits per heavy atom. The van der Waals surface area contributed by atoms with Gasteiger partial charge in [-0.1, -0.05) is 41.4 Å². The summed E-state index contributed by atoms with van der Waals surface area (Å²) in [5.41, 5.74) is 3.79. The van der Waals surface area contributed by atoms with Gasteiger partial charge in [0, 0.05) is 15.6 Å². The number of nitrogens with one attached hydrogen (secondary N) is 2. The van der Waals surface area contributed by atoms with E-state index in [1.165, 1.54) is 11.3 Å². The molecule has 1 aromatic heterocycles. The first-order valence-electron chi connectivity index (χ1n) is 9.44. The normalized spacial score (nSPS) is 14.8. The van der Waals surface area contributed by atoms with Gasteiger partial charge >= 0.3 is 6.03 Å². The second-order valence-electron chi connectivity index (χ2n) is 7.04. The number of urea groups is 1. The first kappa shape index (κ1) is 20.8. The molecule has 6 nitrogen and oxygen atoms in total. The lowest BCUT2D eigenvalue weighted by Gasteiger charge is -2.12. The molecule has 1 aliphatic rings. The molecule has 0 atom stereocenters. The standard InChI is InChI=1S/C23H18ClN3O3S/c1-14-2-8-18(9-3-14)25-21(28)12-27-22(29)20(26-23(27)30)11-19-10-16(13-31-19)15-4-6-17(24)7-5-15/h2-11,13H,12H2,1H3,(H,25,28)(H,26,30). The fraction of sp³-hybridized carbons (Fsp3) is 0.0870. The number of amides is 4. The number of benzene rings is 2. The molecule has 4 rings (SSSR count). The molecule has 2 aromatic carbocycles. The van der Waals surface area contributed by atoms with Gasteiger partial charge in [-0.15, -0.1) is 11.3 Å². The highest BCUT2D eigenvalue weighted by atomic mass is 35.5. The van der Waals surface area contributed by atoms with Crippen LogP contribution in [0.15, 0.2) is 65.7 Å². The van der Waals surface area contributed by atoms with Gasteiger partial charge in [-0.05, 0) is 59.8 Å². The molecule has 4 amide bonds. The number of halogens is 1. The quantitative estimate of drug-likeness (QED) is 0.427. The fourth-order valence-electron chi connectivity index (χ4n) is 3.06. The number of imide groups is 1. The fourth-order valence-corrected chi connectivity index (χ4v) is 4.03. The maximum Gasteiger partial charge on any atom is 0.329 e. The Balaban J connectivity index is 1.44. The summed E-state index contributed by atoms with van der Waals surface area (Å²) in [6.45, 7) is 1.58. The molecule has 1 fully saturated rings. The van der Waals surface area contributed by atoms with E-state index in [-0.39, 0.29) is 12.2 Å². The van der Waals surface area contributed by atoms with Crippen LogP contribution in [-0.2, 0) is 9.59 Å². The van der Waals surface area contributed by atoms with Gasteiger partial charge in [-0.25, -0.2) is 9.69 Å². The minimum absolute atomic E-state index is 0.137. The lowest BCUT2D eigenvalue weighted by Crippen LogP contribution is -2.38. The van der Waals surface area contributed by atoms with Gasteiger partial charge in [0.1, 0.15) is 12.2 Å². The predicted octanol–water partition coefficient (Wildman–Crippen LogP) is 4.91. The molecule has 1 aliphatic heterocycles. The predicted molar refractivity (Wildman–Crippen MR) is 123 cm³/mol. The summed E-state index contributed by atoms with van der Waals surface area (Å²) in [4.78, 5) is 38.9. The molecule has 0 aliphatic carbocycles. The van der Waals surface area contributed by atoms with Gasteiger partial charge in [0.05, 0.1) is 0 Å². The average Bonchev–Trinajstić information content (AvgIpc) is 3.31. The van der Waals surface area contributed by atoms with E-state index in [0.717, 1.165) is 26.5 Å². The maximum atomic E-state index is 12.7. The van der Waals surface area contributed by atoms with Crippen molar-refractivity contribution in [2.45, 2.75) is 6.92 Å². The van der Waals surface area contributed by atoms with Crippen molar-refractivity contribution < 1.29 is 14.4 Å². The molecule has 0 saturated carbocycles. The highest BCUT2D eigenvalue weighted by molar-refractivity contribution is 7.11. The van der Waals surface area contributed by atoms with Crippen LogP contribution in [0.4, 0.5) is 10.5 Å². The van der Waals surface area contributed by atoms with E-state index in [9.17, 15) is 14.4 Å². The Morgan fingerprint density at radius 1 is 1.10 bits per heavy atom. The summed E-state index contributed by atoms with van der Waals surface area (Å²) in [5, 5.41) is 7.85. The first-order valence-corrected chi connectivity index (χ1v) is 10.7. The van der Waals surface area contributed by atoms with Crippen molar-refractivity contribution in [3.05, 3.63) is 81.1 Å². The minimum Gasteiger partial charge on any atom is -0.325 e. The van der Waals surface area contributed by atoms with Gasteiger partial charge in [0.25, 0.3) is 5.91 Å². The van der Waals surface area contributed by atoms with Crippen LogP contribution in [0.2, 0.25) is 5.02 Å². The van der Waals surface area contributed by atoms with E-state index in [1.807, 2.05) is 54.8 Å². The molecule has 0 radical (unpaired) electrons. The maximum absolute atomic E-state index is 12.7. The molecule has 2 N–H and O–H groups in total. The highest BCUT2D eigenvalue weighted by Gasteiger charge is 2.35. The Kier molecular flexibility index (Phi) is 5.88. The lowest BCUT2D eigenvalue weighted by atomic mass is 10.1. The van der Waals surface area contributed by atoms with E-state index in [1.54, 1.807) is 18.2 Å². The van der Waals surface area contributed by atoms with Crippen LogP contribution in [0.1, 0.15) is 10.4 Å². The molecule has 3 aromatic rings. The summed E-state index contributed by atoms with van der Waals surface area (Å²) >= 11 is 7.38. The molecular weight excluding hydrogens is 434 g/mol. The van der Waals surface area contributed by atoms with Crippen molar-refractivity contribution in [3.8, 4) is 11.1 Å². The number of hydrogen-bond donors (Lipinski definition) is 2. The number of nitrogens with zero attached hydrogens (tertiary/aromatic N) is 1. The van der Waals surface area contributed by atoms with Crippen LogP contribution in [0.5, 0.6) is 0 Å². The molecule has 31 heavy (non-hydrogen) atoms. The summed E-state index contributed by atoms with van der Waals surface area (Å²) in [5.74, 6) is -0.986. The zero-order chi connectivity index (χ0) is 22.0. The Morgan fingerprint density at radius 3 is 2.52 bits per heavy atom. The number of carbonyl (C=O) groups excluding carboxylic acids is 3. The van der Waals surface area contributed by atoms with Crippen molar-refractivity contribution in [1.29, 1.82) is 0 Å². The van der Waals surface area contributed by atoms with Crippen LogP contribution < -0.4 is 10.6 Å². The van der Waals surface area contributed by atoms with Gasteiger partial charge in [0.15, 0.2) is 0 Å². The summed E-state index contributed by atoms with van der Waals surface area (Å²) in [7, 11) is 0. The molecule has 0 bridgehead atoms. The molecule has 8 heteroatoms. The zero-order valence-electron chi connectivity index (χ0n) is 16.5. The highest BCUT2D eigenvalue weighted by Crippen LogP contribution is 2.28. The van der Waals surface area contributed by atoms with Gasteiger partial charge < -0.3 is 10.6 Å². The van der Waals surface area contributed by atoms with E-state index >= 15 is 0 Å². The Hall–Kier alpha value is -3.42. The number of aryl methyl sites for hydroxylation is 1. The van der Waals surface area contributed by atoms with E-state index in [0.29, 0.717) is 10.7 Å². The van der Waals surface area contributed by atoms with E-state index in [4.69, 9.17) is 11.6 Å². The van der Waals surface area contributed by atoms with Crippen LogP contribution >= 0.6 is 22.9 Å². The third kappa shape index (κ3) is 4.84. The summed E-state index contributed by atoms with van der Waals surface area (Å²) in [6.07, 6.45) is 1.61. The van der Waals surface area contributed by atoms with E-state index < -0.39 is 17.8 Å². The monoisotopic (exact) mass is 451 g/mol. The zero-order valence-corrected chi connectivity index (χ0v) is 18.1. The van der Waals surface area contributed by atoms with Crippen molar-refractivity contribution in [3.63, 3.8) is 0 Å². The van der Waals surface area contributed by atoms with Crippen LogP contribution in [0.25, 0.3) is 17.2 Å². The van der Waals surface area contributed by atoms with Crippen LogP contribution in [0, 0.1) is 6.92 Å². The number of rotatable bonds is 5. The topological polar surface area (TPSA) is 78.5 Å². The summed E-state index contributed by atoms with van der Waals surface area (Å²) in [6, 6.07) is 16.0. The van der Waals surface area contributed by atoms with Crippen molar-refractivity contribution in [1.82, 2.24) is 10.2 Å². The van der Waals surface area contributed by atoms with Gasteiger partial charge in [-0.3, -0.25) is 9.59 Å². The first-order chi connectivity index (χ1) is 14.9. The molecule has 2 heterocycles. The molecule has 0 spiro atoms. The largest absolute Gasteiger partial charge is 0.329 e. The van der Waals surface area contributed by atoms with Crippen molar-refractivity contribution >= 4 is 52.5 Å². The number of hydrogen-bond acceptors (Lipinski definition) is 4. The average molecular weight is 452 g/mol. The third-order valence-corrected chi connectivity index (χ3v) is 5.81. The molecule has 1 saturated heterocycles. The van der Waals surface area contributed by atoms with Gasteiger partial charge in [0.2, 0.25) is 5.91 Å². The Labute approximate surface area is 188 Å². The Bertz CT molecular complexity index is 1180.